The van der Waals surface area contributed by atoms with E-state index in [0.717, 1.165) is 0 Å². The highest BCUT2D eigenvalue weighted by Gasteiger charge is 2.22. The van der Waals surface area contributed by atoms with Gasteiger partial charge in [0.2, 0.25) is 5.82 Å². The summed E-state index contributed by atoms with van der Waals surface area (Å²) in [5.74, 6) is -3.55. The van der Waals surface area contributed by atoms with Gasteiger partial charge in [0.25, 0.3) is 0 Å². The molecule has 0 spiro atoms. The standard InChI is InChI=1S/C9H6F3NO5/c10-5-3-7(18-9(11)12)4(2-8(14)15)1-6(5)13(16)17/h1,3,9H,2H2,(H,14,15). The number of hydrogen-bond donors (Lipinski definition) is 1. The molecule has 0 fully saturated rings. The summed E-state index contributed by atoms with van der Waals surface area (Å²) in [4.78, 5) is 19.8. The van der Waals surface area contributed by atoms with Gasteiger partial charge in [0.05, 0.1) is 11.3 Å². The minimum atomic E-state index is -3.29. The maximum absolute atomic E-state index is 13.2. The Labute approximate surface area is 97.7 Å². The van der Waals surface area contributed by atoms with Crippen molar-refractivity contribution in [3.05, 3.63) is 33.6 Å². The quantitative estimate of drug-likeness (QED) is 0.649. The lowest BCUT2D eigenvalue weighted by atomic mass is 10.1. The molecular formula is C9H6F3NO5. The van der Waals surface area contributed by atoms with Crippen molar-refractivity contribution in [3.8, 4) is 5.75 Å². The number of halogens is 3. The molecule has 0 aliphatic rings. The smallest absolute Gasteiger partial charge is 0.387 e. The van der Waals surface area contributed by atoms with Crippen LogP contribution < -0.4 is 4.74 Å². The number of benzene rings is 1. The van der Waals surface area contributed by atoms with Crippen LogP contribution in [0.2, 0.25) is 0 Å². The van der Waals surface area contributed by atoms with Crippen molar-refractivity contribution >= 4 is 11.7 Å². The number of nitro benzene ring substituents is 1. The van der Waals surface area contributed by atoms with Crippen LogP contribution in [-0.4, -0.2) is 22.6 Å². The number of ether oxygens (including phenoxy) is 1. The van der Waals surface area contributed by atoms with Gasteiger partial charge in [-0.05, 0) is 0 Å². The molecule has 6 nitrogen and oxygen atoms in total. The van der Waals surface area contributed by atoms with Gasteiger partial charge in [-0.1, -0.05) is 0 Å². The molecule has 1 N–H and O–H groups in total. The Morgan fingerprint density at radius 1 is 1.50 bits per heavy atom. The first-order valence-corrected chi connectivity index (χ1v) is 4.44. The van der Waals surface area contributed by atoms with Crippen molar-refractivity contribution in [1.82, 2.24) is 0 Å². The molecule has 1 rings (SSSR count). The predicted octanol–water partition coefficient (Wildman–Crippen LogP) is 1.96. The normalized spacial score (nSPS) is 10.4. The molecule has 98 valence electrons. The van der Waals surface area contributed by atoms with Crippen molar-refractivity contribution in [2.45, 2.75) is 13.0 Å². The van der Waals surface area contributed by atoms with Gasteiger partial charge in [0.1, 0.15) is 5.75 Å². The number of alkyl halides is 2. The summed E-state index contributed by atoms with van der Waals surface area (Å²) in [7, 11) is 0. The molecule has 0 amide bonds. The number of carbonyl (C=O) groups is 1. The first kappa shape index (κ1) is 13.7. The van der Waals surface area contributed by atoms with Crippen molar-refractivity contribution < 1.29 is 32.7 Å². The highest BCUT2D eigenvalue weighted by Crippen LogP contribution is 2.29. The molecule has 0 heterocycles. The van der Waals surface area contributed by atoms with Gasteiger partial charge < -0.3 is 9.84 Å². The zero-order chi connectivity index (χ0) is 13.9. The van der Waals surface area contributed by atoms with E-state index in [1.54, 1.807) is 0 Å². The molecule has 0 aromatic heterocycles. The molecule has 0 aliphatic heterocycles. The van der Waals surface area contributed by atoms with Crippen molar-refractivity contribution in [1.29, 1.82) is 0 Å². The van der Waals surface area contributed by atoms with E-state index >= 15 is 0 Å². The second-order valence-electron chi connectivity index (χ2n) is 3.12. The second kappa shape index (κ2) is 5.34. The van der Waals surface area contributed by atoms with Crippen LogP contribution in [0, 0.1) is 15.9 Å². The third-order valence-electron chi connectivity index (χ3n) is 1.88. The van der Waals surface area contributed by atoms with E-state index < -0.39 is 46.7 Å². The fourth-order valence-electron chi connectivity index (χ4n) is 1.23. The van der Waals surface area contributed by atoms with Crippen LogP contribution in [0.3, 0.4) is 0 Å². The third-order valence-corrected chi connectivity index (χ3v) is 1.88. The summed E-state index contributed by atoms with van der Waals surface area (Å²) in [6, 6.07) is 0.920. The van der Waals surface area contributed by atoms with Gasteiger partial charge in [-0.2, -0.15) is 13.2 Å². The molecule has 0 atom stereocenters. The zero-order valence-corrected chi connectivity index (χ0v) is 8.60. The Morgan fingerprint density at radius 2 is 2.11 bits per heavy atom. The summed E-state index contributed by atoms with van der Waals surface area (Å²) in [5.41, 5.74) is -1.41. The summed E-state index contributed by atoms with van der Waals surface area (Å²) in [6.07, 6.45) is -0.802. The summed E-state index contributed by atoms with van der Waals surface area (Å²) in [6.45, 7) is -3.29. The molecule has 18 heavy (non-hydrogen) atoms. The Morgan fingerprint density at radius 3 is 2.56 bits per heavy atom. The number of nitro groups is 1. The topological polar surface area (TPSA) is 89.7 Å². The Balaban J connectivity index is 3.27. The van der Waals surface area contributed by atoms with Crippen LogP contribution in [0.15, 0.2) is 12.1 Å². The van der Waals surface area contributed by atoms with Gasteiger partial charge in [-0.3, -0.25) is 14.9 Å². The van der Waals surface area contributed by atoms with Gasteiger partial charge in [-0.25, -0.2) is 0 Å². The number of carboxylic acid groups (broad SMARTS) is 1. The average Bonchev–Trinajstić information content (AvgIpc) is 2.19. The maximum Gasteiger partial charge on any atom is 0.387 e. The largest absolute Gasteiger partial charge is 0.481 e. The van der Waals surface area contributed by atoms with E-state index in [9.17, 15) is 28.1 Å². The van der Waals surface area contributed by atoms with Gasteiger partial charge in [0.15, 0.2) is 0 Å². The van der Waals surface area contributed by atoms with Crippen LogP contribution in [0.25, 0.3) is 0 Å². The third kappa shape index (κ3) is 3.34. The van der Waals surface area contributed by atoms with E-state index in [4.69, 9.17) is 5.11 Å². The highest BCUT2D eigenvalue weighted by molar-refractivity contribution is 5.72. The predicted molar refractivity (Wildman–Crippen MR) is 51.0 cm³/mol. The highest BCUT2D eigenvalue weighted by atomic mass is 19.3. The first-order chi connectivity index (χ1) is 8.31. The lowest BCUT2D eigenvalue weighted by Crippen LogP contribution is -2.09. The van der Waals surface area contributed by atoms with Crippen LogP contribution in [0.4, 0.5) is 18.9 Å². The number of aliphatic carboxylic acids is 1. The van der Waals surface area contributed by atoms with Crippen molar-refractivity contribution in [2.75, 3.05) is 0 Å². The minimum Gasteiger partial charge on any atom is -0.481 e. The van der Waals surface area contributed by atoms with Gasteiger partial charge in [0, 0.05) is 17.7 Å². The van der Waals surface area contributed by atoms with E-state index in [1.807, 2.05) is 0 Å². The maximum atomic E-state index is 13.2. The molecular weight excluding hydrogens is 259 g/mol. The minimum absolute atomic E-state index is 0.364. The van der Waals surface area contributed by atoms with Crippen LogP contribution in [0.5, 0.6) is 5.75 Å². The molecule has 1 aromatic rings. The fourth-order valence-corrected chi connectivity index (χ4v) is 1.23. The molecule has 0 saturated carbocycles. The number of rotatable bonds is 5. The second-order valence-corrected chi connectivity index (χ2v) is 3.12. The first-order valence-electron chi connectivity index (χ1n) is 4.44. The summed E-state index contributed by atoms with van der Waals surface area (Å²) < 4.78 is 41.1. The average molecular weight is 265 g/mol. The molecule has 9 heteroatoms. The van der Waals surface area contributed by atoms with Gasteiger partial charge >= 0.3 is 18.3 Å². The van der Waals surface area contributed by atoms with Gasteiger partial charge in [-0.15, -0.1) is 0 Å². The van der Waals surface area contributed by atoms with Crippen molar-refractivity contribution in [2.24, 2.45) is 0 Å². The Hall–Kier alpha value is -2.32. The Bertz CT molecular complexity index is 491. The van der Waals surface area contributed by atoms with Crippen LogP contribution in [0.1, 0.15) is 5.56 Å². The Kier molecular flexibility index (Phi) is 4.08. The lowest BCUT2D eigenvalue weighted by molar-refractivity contribution is -0.387. The molecule has 0 aliphatic carbocycles. The van der Waals surface area contributed by atoms with Crippen molar-refractivity contribution in [3.63, 3.8) is 0 Å². The fraction of sp³-hybridized carbons (Fsp3) is 0.222. The van der Waals surface area contributed by atoms with E-state index in [2.05, 4.69) is 4.74 Å². The molecule has 0 radical (unpaired) electrons. The number of carboxylic acids is 1. The van der Waals surface area contributed by atoms with Crippen LogP contribution in [-0.2, 0) is 11.2 Å². The lowest BCUT2D eigenvalue weighted by Gasteiger charge is -2.09. The van der Waals surface area contributed by atoms with Crippen LogP contribution >= 0.6 is 0 Å². The molecule has 0 saturated heterocycles. The monoisotopic (exact) mass is 265 g/mol. The van der Waals surface area contributed by atoms with E-state index in [1.165, 1.54) is 0 Å². The molecule has 1 aromatic carbocycles. The molecule has 0 unspecified atom stereocenters. The summed E-state index contributed by atoms with van der Waals surface area (Å²) in [5, 5.41) is 18.9. The van der Waals surface area contributed by atoms with E-state index in [-0.39, 0.29) is 0 Å². The number of nitrogens with zero attached hydrogens (tertiary/aromatic N) is 1. The number of hydrogen-bond acceptors (Lipinski definition) is 4. The molecule has 0 bridgehead atoms. The van der Waals surface area contributed by atoms with E-state index in [0.29, 0.717) is 12.1 Å². The zero-order valence-electron chi connectivity index (χ0n) is 8.60. The summed E-state index contributed by atoms with van der Waals surface area (Å²) >= 11 is 0. The SMILES string of the molecule is O=C(O)Cc1cc([N+](=O)[O-])c(F)cc1OC(F)F.